The van der Waals surface area contributed by atoms with E-state index >= 15 is 0 Å². The zero-order chi connectivity index (χ0) is 31.1. The van der Waals surface area contributed by atoms with Crippen LogP contribution < -0.4 is 0 Å². The van der Waals surface area contributed by atoms with Crippen molar-refractivity contribution in [1.29, 1.82) is 0 Å². The van der Waals surface area contributed by atoms with Gasteiger partial charge in [-0.05, 0) is 80.1 Å². The molecule has 1 aliphatic heterocycles. The Morgan fingerprint density at radius 1 is 0.933 bits per heavy atom. The van der Waals surface area contributed by atoms with Gasteiger partial charge in [0.25, 0.3) is 0 Å². The van der Waals surface area contributed by atoms with E-state index in [-0.39, 0.29) is 18.0 Å². The predicted octanol–water partition coefficient (Wildman–Crippen LogP) is 7.75. The zero-order valence-corrected chi connectivity index (χ0v) is 26.0. The van der Waals surface area contributed by atoms with E-state index in [0.29, 0.717) is 32.2 Å². The molecule has 7 rings (SSSR count). The largest absolute Gasteiger partial charge is 0.478 e. The summed E-state index contributed by atoms with van der Waals surface area (Å²) in [5.74, 6) is -0.610. The van der Waals surface area contributed by atoms with Crippen LogP contribution >= 0.6 is 0 Å². The topological polar surface area (TPSA) is 84.7 Å². The first-order valence-electron chi connectivity index (χ1n) is 16.1. The van der Waals surface area contributed by atoms with Gasteiger partial charge in [-0.25, -0.2) is 9.78 Å². The van der Waals surface area contributed by atoms with Gasteiger partial charge in [0.05, 0.1) is 41.2 Å². The van der Waals surface area contributed by atoms with Crippen molar-refractivity contribution in [1.82, 2.24) is 14.5 Å². The Kier molecular flexibility index (Phi) is 7.88. The molecule has 45 heavy (non-hydrogen) atoms. The Hall–Kier alpha value is -4.49. The van der Waals surface area contributed by atoms with E-state index < -0.39 is 5.97 Å². The maximum Gasteiger partial charge on any atom is 0.335 e. The molecular weight excluding hydrogens is 562 g/mol. The second-order valence-corrected chi connectivity index (χ2v) is 12.6. The molecule has 0 atom stereocenters. The molecular formula is C38H39N3O4. The number of aromatic carboxylic acids is 1. The predicted molar refractivity (Wildman–Crippen MR) is 178 cm³/mol. The van der Waals surface area contributed by atoms with Crippen LogP contribution in [0.2, 0.25) is 0 Å². The van der Waals surface area contributed by atoms with Crippen LogP contribution in [0.5, 0.6) is 0 Å². The Balaban J connectivity index is 1.44. The number of rotatable bonds is 6. The quantitative estimate of drug-likeness (QED) is 0.215. The average molecular weight is 602 g/mol. The molecule has 3 heterocycles. The van der Waals surface area contributed by atoms with E-state index in [1.807, 2.05) is 11.0 Å². The number of amides is 1. The molecule has 1 saturated heterocycles. The number of carbonyl (C=O) groups excluding carboxylic acids is 1. The van der Waals surface area contributed by atoms with E-state index in [1.165, 1.54) is 30.4 Å². The van der Waals surface area contributed by atoms with E-state index in [4.69, 9.17) is 9.72 Å². The van der Waals surface area contributed by atoms with E-state index in [0.717, 1.165) is 62.7 Å². The summed E-state index contributed by atoms with van der Waals surface area (Å²) >= 11 is 0. The number of fused-ring (bicyclic) bond motifs is 2. The summed E-state index contributed by atoms with van der Waals surface area (Å²) in [6.45, 7) is 6.54. The first kappa shape index (κ1) is 29.2. The summed E-state index contributed by atoms with van der Waals surface area (Å²) < 4.78 is 7.62. The van der Waals surface area contributed by atoms with Crippen molar-refractivity contribution in [2.45, 2.75) is 58.4 Å². The number of aryl methyl sites for hydroxylation is 2. The van der Waals surface area contributed by atoms with Gasteiger partial charge < -0.3 is 19.3 Å². The average Bonchev–Trinajstić information content (AvgIpc) is 3.37. The molecule has 7 nitrogen and oxygen atoms in total. The number of aromatic nitrogens is 2. The van der Waals surface area contributed by atoms with Gasteiger partial charge in [-0.1, -0.05) is 55.2 Å². The molecule has 0 unspecified atom stereocenters. The van der Waals surface area contributed by atoms with Crippen LogP contribution in [-0.4, -0.2) is 57.7 Å². The molecule has 2 fully saturated rings. The summed E-state index contributed by atoms with van der Waals surface area (Å²) in [5.41, 5.74) is 9.60. The molecule has 5 aromatic rings. The zero-order valence-electron chi connectivity index (χ0n) is 26.0. The molecule has 3 aromatic carbocycles. The van der Waals surface area contributed by atoms with Crippen LogP contribution in [0.3, 0.4) is 0 Å². The van der Waals surface area contributed by atoms with Crippen molar-refractivity contribution >= 4 is 33.7 Å². The number of carboxylic acids is 1. The van der Waals surface area contributed by atoms with Gasteiger partial charge in [-0.3, -0.25) is 4.79 Å². The molecule has 1 saturated carbocycles. The number of pyridine rings is 1. The van der Waals surface area contributed by atoms with E-state index in [9.17, 15) is 14.7 Å². The summed E-state index contributed by atoms with van der Waals surface area (Å²) in [7, 11) is 0. The standard InChI is InChI=1S/C38H39N3O4/c1-24-7-6-10-27(19-24)32-14-12-28-21-31(25(2)20-33(28)39-32)37-36(26-8-4-3-5-9-26)30-13-11-29(38(43)44)22-34(30)41(37)23-35(42)40-15-17-45-18-16-40/h6-7,10-14,19-22,26H,3-5,8-9,15-18,23H2,1-2H3,(H,43,44). The number of carbonyl (C=O) groups is 2. The van der Waals surface area contributed by atoms with Crippen LogP contribution in [0.15, 0.2) is 66.7 Å². The van der Waals surface area contributed by atoms with Crippen molar-refractivity contribution in [3.63, 3.8) is 0 Å². The second-order valence-electron chi connectivity index (χ2n) is 12.6. The Morgan fingerprint density at radius 3 is 2.49 bits per heavy atom. The van der Waals surface area contributed by atoms with E-state index in [1.54, 1.807) is 12.1 Å². The molecule has 0 spiro atoms. The van der Waals surface area contributed by atoms with E-state index in [2.05, 4.69) is 66.9 Å². The molecule has 0 radical (unpaired) electrons. The number of hydrogen-bond donors (Lipinski definition) is 1. The number of nitrogens with zero attached hydrogens (tertiary/aromatic N) is 3. The summed E-state index contributed by atoms with van der Waals surface area (Å²) in [6, 6.07) is 22.4. The lowest BCUT2D eigenvalue weighted by Crippen LogP contribution is -2.42. The van der Waals surface area contributed by atoms with Crippen molar-refractivity contribution in [3.05, 3.63) is 89.0 Å². The molecule has 2 aromatic heterocycles. The summed E-state index contributed by atoms with van der Waals surface area (Å²) in [4.78, 5) is 32.9. The minimum Gasteiger partial charge on any atom is -0.478 e. The molecule has 1 N–H and O–H groups in total. The van der Waals surface area contributed by atoms with Crippen LogP contribution in [0, 0.1) is 13.8 Å². The first-order valence-corrected chi connectivity index (χ1v) is 16.1. The maximum absolute atomic E-state index is 13.8. The number of ether oxygens (including phenoxy) is 1. The summed E-state index contributed by atoms with van der Waals surface area (Å²) in [5, 5.41) is 12.0. The second kappa shape index (κ2) is 12.1. The molecule has 230 valence electrons. The lowest BCUT2D eigenvalue weighted by molar-refractivity contribution is -0.135. The van der Waals surface area contributed by atoms with Gasteiger partial charge in [-0.15, -0.1) is 0 Å². The summed E-state index contributed by atoms with van der Waals surface area (Å²) in [6.07, 6.45) is 5.72. The smallest absolute Gasteiger partial charge is 0.335 e. The number of carboxylic acid groups (broad SMARTS) is 1. The number of benzene rings is 3. The molecule has 2 aliphatic rings. The normalized spacial score (nSPS) is 16.0. The minimum atomic E-state index is -0.970. The fourth-order valence-corrected chi connectivity index (χ4v) is 7.31. The highest BCUT2D eigenvalue weighted by molar-refractivity contribution is 6.00. The fourth-order valence-electron chi connectivity index (χ4n) is 7.31. The lowest BCUT2D eigenvalue weighted by Gasteiger charge is -2.28. The van der Waals surface area contributed by atoms with Crippen molar-refractivity contribution in [2.75, 3.05) is 26.3 Å². The number of hydrogen-bond acceptors (Lipinski definition) is 4. The van der Waals surface area contributed by atoms with Crippen LogP contribution in [0.1, 0.15) is 65.1 Å². The molecule has 7 heteroatoms. The Labute approximate surface area is 263 Å². The first-order chi connectivity index (χ1) is 21.9. The van der Waals surface area contributed by atoms with Crippen molar-refractivity contribution in [3.8, 4) is 22.5 Å². The highest BCUT2D eigenvalue weighted by Gasteiger charge is 2.30. The van der Waals surface area contributed by atoms with Gasteiger partial charge in [-0.2, -0.15) is 0 Å². The van der Waals surface area contributed by atoms with Crippen LogP contribution in [-0.2, 0) is 16.1 Å². The van der Waals surface area contributed by atoms with Crippen LogP contribution in [0.25, 0.3) is 44.3 Å². The van der Waals surface area contributed by atoms with Crippen LogP contribution in [0.4, 0.5) is 0 Å². The molecule has 1 aliphatic carbocycles. The third-order valence-corrected chi connectivity index (χ3v) is 9.63. The third-order valence-electron chi connectivity index (χ3n) is 9.63. The van der Waals surface area contributed by atoms with Crippen molar-refractivity contribution in [2.24, 2.45) is 0 Å². The lowest BCUT2D eigenvalue weighted by atomic mass is 9.81. The van der Waals surface area contributed by atoms with Crippen molar-refractivity contribution < 1.29 is 19.4 Å². The van der Waals surface area contributed by atoms with Gasteiger partial charge >= 0.3 is 5.97 Å². The fraction of sp³-hybridized carbons (Fsp3) is 0.342. The SMILES string of the molecule is Cc1cccc(-c2ccc3cc(-c4c(C5CCCCC5)c5ccc(C(=O)O)cc5n4CC(=O)N4CCOCC4)c(C)cc3n2)c1. The molecule has 1 amide bonds. The minimum absolute atomic E-state index is 0.0234. The third kappa shape index (κ3) is 5.61. The van der Waals surface area contributed by atoms with Gasteiger partial charge in [0.1, 0.15) is 6.54 Å². The monoisotopic (exact) mass is 601 g/mol. The van der Waals surface area contributed by atoms with Gasteiger partial charge in [0.2, 0.25) is 5.91 Å². The maximum atomic E-state index is 13.8. The van der Waals surface area contributed by atoms with Gasteiger partial charge in [0, 0.05) is 35.0 Å². The highest BCUT2D eigenvalue weighted by atomic mass is 16.5. The Bertz CT molecular complexity index is 1930. The highest BCUT2D eigenvalue weighted by Crippen LogP contribution is 2.45. The number of morpholine rings is 1. The Morgan fingerprint density at radius 2 is 1.73 bits per heavy atom. The molecule has 0 bridgehead atoms. The van der Waals surface area contributed by atoms with Gasteiger partial charge in [0.15, 0.2) is 0 Å².